The Morgan fingerprint density at radius 1 is 1.42 bits per heavy atom. The third-order valence-electron chi connectivity index (χ3n) is 3.67. The number of aromatic amines is 1. The Bertz CT molecular complexity index is 660. The number of carbonyl (C=O) groups excluding carboxylic acids is 2. The maximum atomic E-state index is 11.5. The number of hydrogen-bond acceptors (Lipinski definition) is 3. The number of primary amides is 1. The van der Waals surface area contributed by atoms with Crippen LogP contribution in [0.15, 0.2) is 18.2 Å². The van der Waals surface area contributed by atoms with Crippen LogP contribution in [0.2, 0.25) is 0 Å². The lowest BCUT2D eigenvalue weighted by molar-refractivity contribution is -0.120. The molecule has 1 aromatic carbocycles. The Kier molecular flexibility index (Phi) is 2.81. The molecule has 0 saturated heterocycles. The second kappa shape index (κ2) is 4.50. The second-order valence-electron chi connectivity index (χ2n) is 5.02. The molecule has 1 heterocycles. The fourth-order valence-electron chi connectivity index (χ4n) is 2.70. The zero-order valence-corrected chi connectivity index (χ0v) is 10.5. The Hall–Kier alpha value is -2.17. The lowest BCUT2D eigenvalue weighted by atomic mass is 9.88. The fourth-order valence-corrected chi connectivity index (χ4v) is 2.70. The van der Waals surface area contributed by atoms with E-state index in [1.165, 1.54) is 0 Å². The van der Waals surface area contributed by atoms with Gasteiger partial charge < -0.3 is 10.7 Å². The van der Waals surface area contributed by atoms with E-state index in [0.717, 1.165) is 24.2 Å². The summed E-state index contributed by atoms with van der Waals surface area (Å²) in [7, 11) is 0. The number of hydrogen-bond donors (Lipinski definition) is 2. The van der Waals surface area contributed by atoms with Crippen molar-refractivity contribution in [3.63, 3.8) is 0 Å². The number of fused-ring (bicyclic) bond motifs is 1. The Labute approximate surface area is 110 Å². The number of para-hydroxylation sites is 1. The highest BCUT2D eigenvalue weighted by Gasteiger charge is 2.24. The van der Waals surface area contributed by atoms with Gasteiger partial charge in [0, 0.05) is 18.8 Å². The van der Waals surface area contributed by atoms with Crippen molar-refractivity contribution in [3.05, 3.63) is 29.6 Å². The van der Waals surface area contributed by atoms with Gasteiger partial charge in [-0.15, -0.1) is 0 Å². The summed E-state index contributed by atoms with van der Waals surface area (Å²) in [6.07, 6.45) is 3.07. The maximum Gasteiger partial charge on any atom is 0.250 e. The average molecular weight is 257 g/mol. The minimum absolute atomic E-state index is 0.134. The quantitative estimate of drug-likeness (QED) is 0.860. The molecule has 1 unspecified atom stereocenters. The van der Waals surface area contributed by atoms with Crippen LogP contribution in [0, 0.1) is 0 Å². The lowest BCUT2D eigenvalue weighted by Gasteiger charge is -2.18. The number of ketones is 1. The average Bonchev–Trinajstić information content (AvgIpc) is 2.82. The van der Waals surface area contributed by atoms with Crippen molar-refractivity contribution in [3.8, 4) is 0 Å². The summed E-state index contributed by atoms with van der Waals surface area (Å²) in [4.78, 5) is 30.6. The van der Waals surface area contributed by atoms with Gasteiger partial charge in [-0.2, -0.15) is 0 Å². The summed E-state index contributed by atoms with van der Waals surface area (Å²) in [5.41, 5.74) is 7.16. The first-order valence-electron chi connectivity index (χ1n) is 6.45. The van der Waals surface area contributed by atoms with Gasteiger partial charge in [0.25, 0.3) is 5.91 Å². The number of aromatic nitrogens is 2. The largest absolute Gasteiger partial charge is 0.366 e. The predicted molar refractivity (Wildman–Crippen MR) is 70.8 cm³/mol. The summed E-state index contributed by atoms with van der Waals surface area (Å²) < 4.78 is 0. The van der Waals surface area contributed by atoms with Gasteiger partial charge in [-0.25, -0.2) is 4.98 Å². The molecular formula is C14H15N3O2. The van der Waals surface area contributed by atoms with E-state index in [1.807, 2.05) is 6.07 Å². The monoisotopic (exact) mass is 257 g/mol. The predicted octanol–water partition coefficient (Wildman–Crippen LogP) is 1.89. The molecule has 2 aromatic rings. The summed E-state index contributed by atoms with van der Waals surface area (Å²) >= 11 is 0. The van der Waals surface area contributed by atoms with Crippen molar-refractivity contribution >= 4 is 22.7 Å². The van der Waals surface area contributed by atoms with Gasteiger partial charge >= 0.3 is 0 Å². The van der Waals surface area contributed by atoms with Crippen LogP contribution in [0.25, 0.3) is 11.0 Å². The van der Waals surface area contributed by atoms with Crippen LogP contribution in [0.3, 0.4) is 0 Å². The summed E-state index contributed by atoms with van der Waals surface area (Å²) in [6.45, 7) is 0. The Morgan fingerprint density at radius 3 is 3.00 bits per heavy atom. The zero-order valence-electron chi connectivity index (χ0n) is 10.5. The highest BCUT2D eigenvalue weighted by molar-refractivity contribution is 6.04. The molecular weight excluding hydrogens is 242 g/mol. The Balaban J connectivity index is 2.04. The molecule has 1 atom stereocenters. The van der Waals surface area contributed by atoms with Crippen LogP contribution in [-0.4, -0.2) is 21.7 Å². The van der Waals surface area contributed by atoms with Crippen molar-refractivity contribution in [1.29, 1.82) is 0 Å². The minimum atomic E-state index is -0.483. The summed E-state index contributed by atoms with van der Waals surface area (Å²) in [6, 6.07) is 5.31. The molecule has 3 rings (SSSR count). The normalized spacial score (nSPS) is 19.8. The lowest BCUT2D eigenvalue weighted by Crippen LogP contribution is -2.14. The number of H-pyrrole nitrogens is 1. The number of nitrogens with one attached hydrogen (secondary N) is 1. The SMILES string of the molecule is NC(=O)c1cccc2[nH]c(C3CCCC(=O)C3)nc12. The first kappa shape index (κ1) is 11.9. The number of rotatable bonds is 2. The van der Waals surface area contributed by atoms with Gasteiger partial charge in [0.2, 0.25) is 0 Å². The summed E-state index contributed by atoms with van der Waals surface area (Å²) in [5, 5.41) is 0. The van der Waals surface area contributed by atoms with Crippen LogP contribution >= 0.6 is 0 Å². The van der Waals surface area contributed by atoms with Crippen LogP contribution in [-0.2, 0) is 4.79 Å². The van der Waals surface area contributed by atoms with Crippen LogP contribution in [0.5, 0.6) is 0 Å². The molecule has 1 fully saturated rings. The van der Waals surface area contributed by atoms with E-state index in [2.05, 4.69) is 9.97 Å². The van der Waals surface area contributed by atoms with Gasteiger partial charge in [-0.1, -0.05) is 6.07 Å². The molecule has 1 aromatic heterocycles. The molecule has 3 N–H and O–H groups in total. The van der Waals surface area contributed by atoms with Crippen molar-refractivity contribution in [1.82, 2.24) is 9.97 Å². The van der Waals surface area contributed by atoms with Crippen molar-refractivity contribution in [2.45, 2.75) is 31.6 Å². The zero-order chi connectivity index (χ0) is 13.4. The van der Waals surface area contributed by atoms with E-state index in [9.17, 15) is 9.59 Å². The Morgan fingerprint density at radius 2 is 2.26 bits per heavy atom. The van der Waals surface area contributed by atoms with Crippen molar-refractivity contribution < 1.29 is 9.59 Å². The van der Waals surface area contributed by atoms with Gasteiger partial charge in [0.1, 0.15) is 17.1 Å². The topological polar surface area (TPSA) is 88.8 Å². The van der Waals surface area contributed by atoms with E-state index >= 15 is 0 Å². The highest BCUT2D eigenvalue weighted by Crippen LogP contribution is 2.30. The van der Waals surface area contributed by atoms with Crippen LogP contribution in [0.4, 0.5) is 0 Å². The fraction of sp³-hybridized carbons (Fsp3) is 0.357. The number of imidazole rings is 1. The number of amides is 1. The molecule has 19 heavy (non-hydrogen) atoms. The first-order valence-corrected chi connectivity index (χ1v) is 6.45. The molecule has 5 nitrogen and oxygen atoms in total. The van der Waals surface area contributed by atoms with Crippen molar-refractivity contribution in [2.24, 2.45) is 5.73 Å². The molecule has 1 amide bonds. The maximum absolute atomic E-state index is 11.5. The van der Waals surface area contributed by atoms with E-state index in [4.69, 9.17) is 5.73 Å². The smallest absolute Gasteiger partial charge is 0.250 e. The number of Topliss-reactive ketones (excluding diaryl/α,β-unsaturated/α-hetero) is 1. The van der Waals surface area contributed by atoms with E-state index in [0.29, 0.717) is 23.9 Å². The third kappa shape index (κ3) is 2.12. The van der Waals surface area contributed by atoms with Gasteiger partial charge in [0.15, 0.2) is 0 Å². The van der Waals surface area contributed by atoms with E-state index < -0.39 is 5.91 Å². The number of nitrogens with two attached hydrogens (primary N) is 1. The third-order valence-corrected chi connectivity index (χ3v) is 3.67. The molecule has 1 aliphatic rings. The van der Waals surface area contributed by atoms with E-state index in [1.54, 1.807) is 12.1 Å². The van der Waals surface area contributed by atoms with Gasteiger partial charge in [-0.05, 0) is 25.0 Å². The molecule has 0 radical (unpaired) electrons. The van der Waals surface area contributed by atoms with Crippen LogP contribution < -0.4 is 5.73 Å². The molecule has 98 valence electrons. The van der Waals surface area contributed by atoms with Gasteiger partial charge in [-0.3, -0.25) is 9.59 Å². The second-order valence-corrected chi connectivity index (χ2v) is 5.02. The van der Waals surface area contributed by atoms with Crippen LogP contribution in [0.1, 0.15) is 47.8 Å². The molecule has 5 heteroatoms. The molecule has 1 aliphatic carbocycles. The molecule has 0 spiro atoms. The highest BCUT2D eigenvalue weighted by atomic mass is 16.1. The van der Waals surface area contributed by atoms with Gasteiger partial charge in [0.05, 0.1) is 11.1 Å². The van der Waals surface area contributed by atoms with Crippen molar-refractivity contribution in [2.75, 3.05) is 0 Å². The number of nitrogens with zero attached hydrogens (tertiary/aromatic N) is 1. The standard InChI is InChI=1S/C14H15N3O2/c15-13(19)10-5-2-6-11-12(10)17-14(16-11)8-3-1-4-9(18)7-8/h2,5-6,8H,1,3-4,7H2,(H2,15,19)(H,16,17). The minimum Gasteiger partial charge on any atom is -0.366 e. The molecule has 0 bridgehead atoms. The summed E-state index contributed by atoms with van der Waals surface area (Å²) in [5.74, 6) is 0.723. The molecule has 0 aliphatic heterocycles. The first-order chi connectivity index (χ1) is 9.15. The number of carbonyl (C=O) groups is 2. The van der Waals surface area contributed by atoms with E-state index in [-0.39, 0.29) is 11.7 Å². The molecule has 1 saturated carbocycles. The number of benzene rings is 1.